The van der Waals surface area contributed by atoms with Crippen LogP contribution in [0.4, 0.5) is 10.5 Å². The molecule has 0 aromatic heterocycles. The van der Waals surface area contributed by atoms with Gasteiger partial charge >= 0.3 is 6.03 Å². The van der Waals surface area contributed by atoms with Crippen molar-refractivity contribution in [1.29, 1.82) is 0 Å². The Morgan fingerprint density at radius 1 is 1.57 bits per heavy atom. The van der Waals surface area contributed by atoms with Crippen LogP contribution in [0.15, 0.2) is 24.3 Å². The zero-order valence-electron chi connectivity index (χ0n) is 12.5. The van der Waals surface area contributed by atoms with Crippen molar-refractivity contribution in [2.75, 3.05) is 38.7 Å². The lowest BCUT2D eigenvalue weighted by molar-refractivity contribution is -0.0388. The number of nitrogens with zero attached hydrogens (tertiary/aromatic N) is 1. The maximum absolute atomic E-state index is 12.2. The van der Waals surface area contributed by atoms with Gasteiger partial charge in [-0.2, -0.15) is 0 Å². The number of nitrogens with one attached hydrogen (secondary N) is 2. The van der Waals surface area contributed by atoms with Gasteiger partial charge in [-0.25, -0.2) is 4.79 Å². The van der Waals surface area contributed by atoms with Crippen molar-refractivity contribution in [3.63, 3.8) is 0 Å². The van der Waals surface area contributed by atoms with Crippen LogP contribution in [0.3, 0.4) is 0 Å². The van der Waals surface area contributed by atoms with Crippen molar-refractivity contribution in [2.45, 2.75) is 19.1 Å². The zero-order chi connectivity index (χ0) is 15.2. The summed E-state index contributed by atoms with van der Waals surface area (Å²) in [5.74, 6) is 0. The van der Waals surface area contributed by atoms with Crippen LogP contribution in [0.1, 0.15) is 18.5 Å². The lowest BCUT2D eigenvalue weighted by atomic mass is 10.1. The molecular weight excluding hydrogens is 270 g/mol. The van der Waals surface area contributed by atoms with E-state index in [1.807, 2.05) is 31.3 Å². The molecule has 6 nitrogen and oxygen atoms in total. The van der Waals surface area contributed by atoms with Gasteiger partial charge in [-0.3, -0.25) is 0 Å². The molecule has 1 saturated heterocycles. The van der Waals surface area contributed by atoms with E-state index < -0.39 is 0 Å². The molecule has 1 fully saturated rings. The second-order valence-electron chi connectivity index (χ2n) is 5.19. The van der Waals surface area contributed by atoms with E-state index in [2.05, 4.69) is 17.6 Å². The number of hydrogen-bond donors (Lipinski definition) is 3. The monoisotopic (exact) mass is 293 g/mol. The predicted octanol–water partition coefficient (Wildman–Crippen LogP) is 1.19. The van der Waals surface area contributed by atoms with Gasteiger partial charge in [-0.15, -0.1) is 0 Å². The largest absolute Gasteiger partial charge is 0.394 e. The summed E-state index contributed by atoms with van der Waals surface area (Å²) in [6, 6.07) is 7.84. The quantitative estimate of drug-likeness (QED) is 0.779. The molecular formula is C15H23N3O3. The Labute approximate surface area is 125 Å². The number of benzene rings is 1. The van der Waals surface area contributed by atoms with E-state index in [1.165, 1.54) is 0 Å². The average molecular weight is 293 g/mol. The number of urea groups is 1. The van der Waals surface area contributed by atoms with Gasteiger partial charge in [0.1, 0.15) is 0 Å². The van der Waals surface area contributed by atoms with Crippen molar-refractivity contribution >= 4 is 11.7 Å². The van der Waals surface area contributed by atoms with Crippen molar-refractivity contribution in [3.05, 3.63) is 29.8 Å². The molecule has 1 aliphatic heterocycles. The number of rotatable bonds is 4. The number of aliphatic hydroxyl groups excluding tert-OH is 1. The molecule has 2 unspecified atom stereocenters. The highest BCUT2D eigenvalue weighted by Crippen LogP contribution is 2.17. The van der Waals surface area contributed by atoms with Gasteiger partial charge in [0.2, 0.25) is 0 Å². The van der Waals surface area contributed by atoms with E-state index in [0.29, 0.717) is 19.7 Å². The Morgan fingerprint density at radius 3 is 3.10 bits per heavy atom. The van der Waals surface area contributed by atoms with Gasteiger partial charge in [0, 0.05) is 18.3 Å². The van der Waals surface area contributed by atoms with Crippen LogP contribution in [0.5, 0.6) is 0 Å². The average Bonchev–Trinajstić information content (AvgIpc) is 2.54. The maximum atomic E-state index is 12.2. The molecule has 116 valence electrons. The third kappa shape index (κ3) is 4.17. The third-order valence-corrected chi connectivity index (χ3v) is 3.70. The third-order valence-electron chi connectivity index (χ3n) is 3.70. The Bertz CT molecular complexity index is 481. The number of carbonyl (C=O) groups is 1. The molecule has 1 aromatic rings. The first-order chi connectivity index (χ1) is 10.1. The Hall–Kier alpha value is -1.63. The van der Waals surface area contributed by atoms with E-state index in [-0.39, 0.29) is 24.8 Å². The van der Waals surface area contributed by atoms with E-state index in [1.54, 1.807) is 4.90 Å². The summed E-state index contributed by atoms with van der Waals surface area (Å²) in [6.07, 6.45) is -0.292. The first kappa shape index (κ1) is 15.8. The Balaban J connectivity index is 1.99. The van der Waals surface area contributed by atoms with Gasteiger partial charge in [-0.05, 0) is 31.7 Å². The fraction of sp³-hybridized carbons (Fsp3) is 0.533. The molecule has 0 bridgehead atoms. The SMILES string of the molecule is CNC(C)c1cccc(NC(=O)N2CCOC(CO)C2)c1. The molecule has 21 heavy (non-hydrogen) atoms. The van der Waals surface area contributed by atoms with Gasteiger partial charge < -0.3 is 25.4 Å². The molecule has 1 aliphatic rings. The minimum Gasteiger partial charge on any atom is -0.394 e. The maximum Gasteiger partial charge on any atom is 0.322 e. The van der Waals surface area contributed by atoms with Gasteiger partial charge in [0.25, 0.3) is 0 Å². The minimum atomic E-state index is -0.292. The normalized spacial score (nSPS) is 20.1. The summed E-state index contributed by atoms with van der Waals surface area (Å²) in [4.78, 5) is 13.9. The molecule has 6 heteroatoms. The number of aliphatic hydroxyl groups is 1. The topological polar surface area (TPSA) is 73.8 Å². The Kier molecular flexibility index (Phi) is 5.55. The number of amides is 2. The predicted molar refractivity (Wildman–Crippen MR) is 81.3 cm³/mol. The number of anilines is 1. The van der Waals surface area contributed by atoms with Crippen molar-refractivity contribution in [3.8, 4) is 0 Å². The van der Waals surface area contributed by atoms with Gasteiger partial charge in [0.15, 0.2) is 0 Å². The lowest BCUT2D eigenvalue weighted by Crippen LogP contribution is -2.48. The van der Waals surface area contributed by atoms with Crippen LogP contribution in [0, 0.1) is 0 Å². The molecule has 0 aliphatic carbocycles. The first-order valence-electron chi connectivity index (χ1n) is 7.19. The summed E-state index contributed by atoms with van der Waals surface area (Å²) in [5, 5.41) is 15.2. The molecule has 0 radical (unpaired) electrons. The van der Waals surface area contributed by atoms with E-state index in [9.17, 15) is 4.79 Å². The van der Waals surface area contributed by atoms with Crippen molar-refractivity contribution < 1.29 is 14.6 Å². The molecule has 1 aromatic carbocycles. The van der Waals surface area contributed by atoms with Crippen molar-refractivity contribution in [1.82, 2.24) is 10.2 Å². The lowest BCUT2D eigenvalue weighted by Gasteiger charge is -2.32. The molecule has 1 heterocycles. The summed E-state index contributed by atoms with van der Waals surface area (Å²) >= 11 is 0. The highest BCUT2D eigenvalue weighted by Gasteiger charge is 2.23. The fourth-order valence-electron chi connectivity index (χ4n) is 2.27. The van der Waals surface area contributed by atoms with Crippen LogP contribution >= 0.6 is 0 Å². The number of carbonyl (C=O) groups excluding carboxylic acids is 1. The van der Waals surface area contributed by atoms with Gasteiger partial charge in [0.05, 0.1) is 25.9 Å². The standard InChI is InChI=1S/C15H23N3O3/c1-11(16-2)12-4-3-5-13(8-12)17-15(20)18-6-7-21-14(9-18)10-19/h3-5,8,11,14,16,19H,6-7,9-10H2,1-2H3,(H,17,20). The number of hydrogen-bond acceptors (Lipinski definition) is 4. The van der Waals surface area contributed by atoms with Crippen molar-refractivity contribution in [2.24, 2.45) is 0 Å². The van der Waals surface area contributed by atoms with E-state index in [0.717, 1.165) is 11.3 Å². The van der Waals surface area contributed by atoms with Crippen LogP contribution in [0.25, 0.3) is 0 Å². The number of morpholine rings is 1. The Morgan fingerprint density at radius 2 is 2.38 bits per heavy atom. The molecule has 3 N–H and O–H groups in total. The number of ether oxygens (including phenoxy) is 1. The van der Waals surface area contributed by atoms with Crippen LogP contribution in [-0.4, -0.2) is 55.5 Å². The smallest absolute Gasteiger partial charge is 0.322 e. The molecule has 2 rings (SSSR count). The summed E-state index contributed by atoms with van der Waals surface area (Å²) in [6.45, 7) is 3.40. The highest BCUT2D eigenvalue weighted by atomic mass is 16.5. The second kappa shape index (κ2) is 7.40. The molecule has 2 atom stereocenters. The van der Waals surface area contributed by atoms with Crippen LogP contribution < -0.4 is 10.6 Å². The van der Waals surface area contributed by atoms with Crippen LogP contribution in [0.2, 0.25) is 0 Å². The zero-order valence-corrected chi connectivity index (χ0v) is 12.5. The summed E-state index contributed by atoms with van der Waals surface area (Å²) < 4.78 is 5.34. The fourth-order valence-corrected chi connectivity index (χ4v) is 2.27. The summed E-state index contributed by atoms with van der Waals surface area (Å²) in [7, 11) is 1.90. The van der Waals surface area contributed by atoms with E-state index >= 15 is 0 Å². The second-order valence-corrected chi connectivity index (χ2v) is 5.19. The van der Waals surface area contributed by atoms with Gasteiger partial charge in [-0.1, -0.05) is 12.1 Å². The molecule has 2 amide bonds. The summed E-state index contributed by atoms with van der Waals surface area (Å²) in [5.41, 5.74) is 1.89. The van der Waals surface area contributed by atoms with E-state index in [4.69, 9.17) is 9.84 Å². The highest BCUT2D eigenvalue weighted by molar-refractivity contribution is 5.89. The van der Waals surface area contributed by atoms with Crippen LogP contribution in [-0.2, 0) is 4.74 Å². The first-order valence-corrected chi connectivity index (χ1v) is 7.19. The molecule has 0 spiro atoms. The molecule has 0 saturated carbocycles. The minimum absolute atomic E-state index is 0.0705.